The number of para-hydroxylation sites is 3. The average Bonchev–Trinajstić information content (AvgIpc) is 3.22. The van der Waals surface area contributed by atoms with Crippen molar-refractivity contribution in [1.29, 1.82) is 0 Å². The third-order valence-electron chi connectivity index (χ3n) is 7.32. The topological polar surface area (TPSA) is 42.0 Å². The van der Waals surface area contributed by atoms with Crippen LogP contribution < -0.4 is 14.5 Å². The molecule has 2 heterocycles. The molecule has 0 unspecified atom stereocenters. The molecule has 0 atom stereocenters. The summed E-state index contributed by atoms with van der Waals surface area (Å²) >= 11 is 0. The van der Waals surface area contributed by atoms with Gasteiger partial charge in [-0.2, -0.15) is 0 Å². The first-order valence-electron chi connectivity index (χ1n) is 12.7. The summed E-state index contributed by atoms with van der Waals surface area (Å²) in [6.07, 6.45) is -4.82. The summed E-state index contributed by atoms with van der Waals surface area (Å²) in [5.41, 5.74) is 0.0104. The van der Waals surface area contributed by atoms with Gasteiger partial charge in [-0.05, 0) is 50.2 Å². The van der Waals surface area contributed by atoms with Gasteiger partial charge in [0.15, 0.2) is 5.60 Å². The quantitative estimate of drug-likeness (QED) is 0.195. The number of benzene rings is 4. The normalized spacial score (nSPS) is 14.6. The number of fused-ring (bicyclic) bond motifs is 6. The predicted octanol–water partition coefficient (Wildman–Crippen LogP) is 7.76. The van der Waals surface area contributed by atoms with Crippen LogP contribution >= 0.6 is 0 Å². The molecule has 39 heavy (non-hydrogen) atoms. The Hall–Kier alpha value is -4.46. The van der Waals surface area contributed by atoms with Crippen molar-refractivity contribution in [3.63, 3.8) is 0 Å². The zero-order valence-corrected chi connectivity index (χ0v) is 21.3. The maximum atomic E-state index is 14.8. The van der Waals surface area contributed by atoms with Crippen molar-refractivity contribution in [1.82, 2.24) is 0 Å². The van der Waals surface area contributed by atoms with E-state index in [4.69, 9.17) is 9.47 Å². The van der Waals surface area contributed by atoms with E-state index >= 15 is 0 Å². The first-order chi connectivity index (χ1) is 18.8. The van der Waals surface area contributed by atoms with Crippen LogP contribution in [-0.4, -0.2) is 25.4 Å². The maximum absolute atomic E-state index is 14.8. The molecule has 198 valence electrons. The zero-order chi connectivity index (χ0) is 27.4. The fourth-order valence-corrected chi connectivity index (χ4v) is 5.65. The van der Waals surface area contributed by atoms with Gasteiger partial charge in [0, 0.05) is 41.2 Å². The van der Waals surface area contributed by atoms with Gasteiger partial charge in [0.1, 0.15) is 11.5 Å². The molecule has 4 aromatic rings. The van der Waals surface area contributed by atoms with Crippen molar-refractivity contribution in [2.75, 3.05) is 22.9 Å². The summed E-state index contributed by atoms with van der Waals surface area (Å²) in [4.78, 5) is 16.0. The van der Waals surface area contributed by atoms with Crippen LogP contribution in [-0.2, 0) is 10.3 Å². The van der Waals surface area contributed by atoms with Gasteiger partial charge in [0.05, 0.1) is 11.3 Å². The lowest BCUT2D eigenvalue weighted by molar-refractivity contribution is -0.120. The Morgan fingerprint density at radius 1 is 0.744 bits per heavy atom. The van der Waals surface area contributed by atoms with Gasteiger partial charge in [0.2, 0.25) is 0 Å². The van der Waals surface area contributed by atoms with Crippen LogP contribution in [0, 0.1) is 0 Å². The van der Waals surface area contributed by atoms with Crippen LogP contribution in [0.1, 0.15) is 40.9 Å². The molecule has 0 saturated carbocycles. The molecule has 0 fully saturated rings. The Bertz CT molecular complexity index is 1520. The Balaban J connectivity index is 1.73. The molecular weight excluding hydrogens is 505 g/mol. The lowest BCUT2D eigenvalue weighted by atomic mass is 9.77. The SMILES string of the molecule is CCN(CC)c1cc(N(c2ccccc2)C(F)(F)F)c2c(c1)C1(OC2=O)c2ccccc2Oc2ccccc21. The van der Waals surface area contributed by atoms with Crippen LogP contribution in [0.3, 0.4) is 0 Å². The van der Waals surface area contributed by atoms with E-state index in [0.29, 0.717) is 47.0 Å². The van der Waals surface area contributed by atoms with E-state index in [9.17, 15) is 18.0 Å². The molecule has 5 nitrogen and oxygen atoms in total. The number of nitrogens with zero attached hydrogens (tertiary/aromatic N) is 2. The van der Waals surface area contributed by atoms with E-state index in [1.807, 2.05) is 18.7 Å². The van der Waals surface area contributed by atoms with E-state index < -0.39 is 17.9 Å². The van der Waals surface area contributed by atoms with Gasteiger partial charge in [0.25, 0.3) is 0 Å². The Kier molecular flexibility index (Phi) is 5.79. The molecular formula is C31H25F3N2O3. The van der Waals surface area contributed by atoms with E-state index in [1.54, 1.807) is 60.7 Å². The second-order valence-electron chi connectivity index (χ2n) is 9.36. The molecule has 0 bridgehead atoms. The highest BCUT2D eigenvalue weighted by Crippen LogP contribution is 2.58. The van der Waals surface area contributed by atoms with Crippen LogP contribution in [0.25, 0.3) is 0 Å². The number of alkyl halides is 3. The van der Waals surface area contributed by atoms with Gasteiger partial charge in [-0.15, -0.1) is 13.2 Å². The highest BCUT2D eigenvalue weighted by atomic mass is 19.4. The van der Waals surface area contributed by atoms with Crippen molar-refractivity contribution in [3.8, 4) is 11.5 Å². The first-order valence-corrected chi connectivity index (χ1v) is 12.7. The number of hydrogen-bond acceptors (Lipinski definition) is 5. The highest BCUT2D eigenvalue weighted by Gasteiger charge is 2.56. The smallest absolute Gasteiger partial charge is 0.456 e. The molecule has 2 aliphatic rings. The fourth-order valence-electron chi connectivity index (χ4n) is 5.65. The Morgan fingerprint density at radius 3 is 1.87 bits per heavy atom. The van der Waals surface area contributed by atoms with E-state index in [1.165, 1.54) is 30.3 Å². The van der Waals surface area contributed by atoms with Crippen LogP contribution in [0.2, 0.25) is 0 Å². The van der Waals surface area contributed by atoms with E-state index in [-0.39, 0.29) is 21.8 Å². The number of rotatable bonds is 5. The van der Waals surface area contributed by atoms with Gasteiger partial charge < -0.3 is 14.4 Å². The summed E-state index contributed by atoms with van der Waals surface area (Å²) in [5, 5.41) is 0. The zero-order valence-electron chi connectivity index (χ0n) is 21.3. The third kappa shape index (κ3) is 3.73. The molecule has 2 aliphatic heterocycles. The summed E-state index contributed by atoms with van der Waals surface area (Å²) < 4.78 is 56.9. The fraction of sp³-hybridized carbons (Fsp3) is 0.194. The van der Waals surface area contributed by atoms with E-state index in [0.717, 1.165) is 0 Å². The van der Waals surface area contributed by atoms with Gasteiger partial charge in [-0.1, -0.05) is 54.6 Å². The molecule has 1 spiro atoms. The second kappa shape index (κ2) is 9.08. The van der Waals surface area contributed by atoms with Crippen molar-refractivity contribution in [3.05, 3.63) is 113 Å². The summed E-state index contributed by atoms with van der Waals surface area (Å²) in [7, 11) is 0. The minimum Gasteiger partial charge on any atom is -0.456 e. The summed E-state index contributed by atoms with van der Waals surface area (Å²) in [6, 6.07) is 25.0. The van der Waals surface area contributed by atoms with Gasteiger partial charge >= 0.3 is 12.3 Å². The monoisotopic (exact) mass is 530 g/mol. The third-order valence-corrected chi connectivity index (χ3v) is 7.32. The largest absolute Gasteiger partial charge is 0.489 e. The number of carbonyl (C=O) groups is 1. The van der Waals surface area contributed by atoms with E-state index in [2.05, 4.69) is 0 Å². The number of hydrogen-bond donors (Lipinski definition) is 0. The minimum atomic E-state index is -4.82. The number of ether oxygens (including phenoxy) is 2. The predicted molar refractivity (Wildman–Crippen MR) is 143 cm³/mol. The molecule has 4 aromatic carbocycles. The van der Waals surface area contributed by atoms with Gasteiger partial charge in [-0.3, -0.25) is 4.90 Å². The van der Waals surface area contributed by atoms with Crippen LogP contribution in [0.5, 0.6) is 11.5 Å². The average molecular weight is 531 g/mol. The molecule has 6 rings (SSSR count). The highest BCUT2D eigenvalue weighted by molar-refractivity contribution is 6.04. The Labute approximate surface area is 224 Å². The van der Waals surface area contributed by atoms with Gasteiger partial charge in [-0.25, -0.2) is 4.79 Å². The lowest BCUT2D eigenvalue weighted by Gasteiger charge is -2.37. The van der Waals surface area contributed by atoms with Crippen molar-refractivity contribution in [2.24, 2.45) is 0 Å². The molecule has 0 saturated heterocycles. The molecule has 8 heteroatoms. The molecule has 0 N–H and O–H groups in total. The standard InChI is InChI=1S/C31H25F3N2O3/c1-3-35(4-2)21-18-24-28(25(19-21)36(31(32,33)34)20-12-6-5-7-13-20)29(37)39-30(24)22-14-8-10-16-26(22)38-27-17-11-9-15-23(27)30/h5-19H,3-4H2,1-2H3. The lowest BCUT2D eigenvalue weighted by Crippen LogP contribution is -2.35. The summed E-state index contributed by atoms with van der Waals surface area (Å²) in [6.45, 7) is 4.99. The Morgan fingerprint density at radius 2 is 1.31 bits per heavy atom. The summed E-state index contributed by atoms with van der Waals surface area (Å²) in [5.74, 6) is 0.118. The number of carbonyl (C=O) groups excluding carboxylic acids is 1. The van der Waals surface area contributed by atoms with Crippen LogP contribution in [0.15, 0.2) is 91.0 Å². The van der Waals surface area contributed by atoms with Crippen molar-refractivity contribution < 1.29 is 27.4 Å². The molecule has 0 amide bonds. The van der Waals surface area contributed by atoms with Crippen LogP contribution in [0.4, 0.5) is 30.2 Å². The number of anilines is 3. The maximum Gasteiger partial charge on any atom is 0.489 e. The molecule has 0 radical (unpaired) electrons. The van der Waals surface area contributed by atoms with Crippen molar-refractivity contribution >= 4 is 23.0 Å². The molecule has 0 aromatic heterocycles. The number of esters is 1. The van der Waals surface area contributed by atoms with Crippen molar-refractivity contribution in [2.45, 2.75) is 25.7 Å². The number of halogens is 3. The minimum absolute atomic E-state index is 0.106. The first kappa shape index (κ1) is 24.9. The molecule has 0 aliphatic carbocycles. The second-order valence-corrected chi connectivity index (χ2v) is 9.36.